The Hall–Kier alpha value is -3.53. The lowest BCUT2D eigenvalue weighted by Crippen LogP contribution is -2.20. The third-order valence-electron chi connectivity index (χ3n) is 4.68. The molecule has 0 spiro atoms. The summed E-state index contributed by atoms with van der Waals surface area (Å²) >= 11 is 0. The Labute approximate surface area is 187 Å². The minimum Gasteiger partial charge on any atom is -0.508 e. The fourth-order valence-electron chi connectivity index (χ4n) is 3.01. The van der Waals surface area contributed by atoms with Crippen LogP contribution in [0.25, 0.3) is 11.1 Å². The van der Waals surface area contributed by atoms with Crippen LogP contribution >= 0.6 is 0 Å². The van der Waals surface area contributed by atoms with Crippen LogP contribution in [0.4, 0.5) is 11.8 Å². The number of phenols is 1. The number of hydrogen-bond acceptors (Lipinski definition) is 9. The van der Waals surface area contributed by atoms with E-state index in [9.17, 15) is 13.5 Å². The Balaban J connectivity index is 2.19. The molecular weight excluding hydrogens is 432 g/mol. The van der Waals surface area contributed by atoms with Crippen molar-refractivity contribution >= 4 is 21.9 Å². The lowest BCUT2D eigenvalue weighted by molar-refractivity contribution is 0.340. The number of nitrogens with two attached hydrogens (primary N) is 2. The van der Waals surface area contributed by atoms with Gasteiger partial charge < -0.3 is 25.5 Å². The van der Waals surface area contributed by atoms with Crippen molar-refractivity contribution in [1.82, 2.24) is 9.97 Å². The van der Waals surface area contributed by atoms with Gasteiger partial charge in [-0.1, -0.05) is 12.1 Å². The van der Waals surface area contributed by atoms with Crippen molar-refractivity contribution in [2.24, 2.45) is 0 Å². The van der Waals surface area contributed by atoms with Gasteiger partial charge in [0.1, 0.15) is 17.3 Å². The second-order valence-electron chi connectivity index (χ2n) is 7.39. The molecule has 0 unspecified atom stereocenters. The Kier molecular flexibility index (Phi) is 6.73. The van der Waals surface area contributed by atoms with Gasteiger partial charge in [0.2, 0.25) is 5.95 Å². The van der Waals surface area contributed by atoms with Crippen LogP contribution in [0.2, 0.25) is 0 Å². The van der Waals surface area contributed by atoms with Gasteiger partial charge in [-0.05, 0) is 56.2 Å². The second-order valence-corrected chi connectivity index (χ2v) is 9.48. The largest absolute Gasteiger partial charge is 0.508 e. The molecule has 10 heteroatoms. The third-order valence-corrected chi connectivity index (χ3v) is 6.24. The number of aromatic hydroxyl groups is 1. The van der Waals surface area contributed by atoms with Gasteiger partial charge in [0.25, 0.3) is 0 Å². The molecule has 32 heavy (non-hydrogen) atoms. The van der Waals surface area contributed by atoms with E-state index in [1.807, 2.05) is 6.92 Å². The zero-order valence-corrected chi connectivity index (χ0v) is 18.9. The van der Waals surface area contributed by atoms with Gasteiger partial charge in [-0.15, -0.1) is 0 Å². The topological polar surface area (TPSA) is 151 Å². The highest BCUT2D eigenvalue weighted by Crippen LogP contribution is 2.42. The molecular formula is C22H26N4O5S. The van der Waals surface area contributed by atoms with Gasteiger partial charge >= 0.3 is 10.1 Å². The fourth-order valence-corrected chi connectivity index (χ4v) is 3.58. The summed E-state index contributed by atoms with van der Waals surface area (Å²) in [5.41, 5.74) is 13.9. The molecule has 0 saturated heterocycles. The summed E-state index contributed by atoms with van der Waals surface area (Å²) in [4.78, 5) is 7.95. The monoisotopic (exact) mass is 458 g/mol. The van der Waals surface area contributed by atoms with Crippen LogP contribution < -0.4 is 20.4 Å². The molecule has 2 aromatic carbocycles. The lowest BCUT2D eigenvalue weighted by atomic mass is 9.98. The first-order chi connectivity index (χ1) is 15.1. The Bertz CT molecular complexity index is 1210. The molecule has 1 aromatic heterocycles. The Morgan fingerprint density at radius 2 is 1.75 bits per heavy atom. The van der Waals surface area contributed by atoms with E-state index in [1.165, 1.54) is 32.2 Å². The van der Waals surface area contributed by atoms with E-state index in [1.54, 1.807) is 24.3 Å². The van der Waals surface area contributed by atoms with Crippen LogP contribution in [-0.4, -0.2) is 35.3 Å². The predicted octanol–water partition coefficient (Wildman–Crippen LogP) is 3.12. The molecule has 0 bridgehead atoms. The SMILES string of the molecule is CCOc1cc(Cc2cnc(N)nc2N)cc(OS(=O)(=O)C(C)C)c1-c1ccc(O)cc1. The Morgan fingerprint density at radius 3 is 2.34 bits per heavy atom. The van der Waals surface area contributed by atoms with E-state index in [0.717, 1.165) is 0 Å². The molecule has 1 heterocycles. The van der Waals surface area contributed by atoms with E-state index in [4.69, 9.17) is 20.4 Å². The van der Waals surface area contributed by atoms with Crippen molar-refractivity contribution in [1.29, 1.82) is 0 Å². The summed E-state index contributed by atoms with van der Waals surface area (Å²) in [6, 6.07) is 9.75. The first kappa shape index (κ1) is 23.1. The number of anilines is 2. The molecule has 3 rings (SSSR count). The quantitative estimate of drug-likeness (QED) is 0.432. The first-order valence-electron chi connectivity index (χ1n) is 10.00. The molecule has 9 nitrogen and oxygen atoms in total. The van der Waals surface area contributed by atoms with Gasteiger partial charge in [0, 0.05) is 18.2 Å². The van der Waals surface area contributed by atoms with Crippen LogP contribution in [0.5, 0.6) is 17.2 Å². The molecule has 3 aromatic rings. The zero-order valence-electron chi connectivity index (χ0n) is 18.1. The second kappa shape index (κ2) is 9.31. The van der Waals surface area contributed by atoms with Crippen LogP contribution in [0.15, 0.2) is 42.6 Å². The van der Waals surface area contributed by atoms with E-state index < -0.39 is 15.4 Å². The highest BCUT2D eigenvalue weighted by Gasteiger charge is 2.24. The van der Waals surface area contributed by atoms with Gasteiger partial charge in [-0.2, -0.15) is 13.4 Å². The number of ether oxygens (including phenoxy) is 1. The van der Waals surface area contributed by atoms with Crippen molar-refractivity contribution < 1.29 is 22.4 Å². The summed E-state index contributed by atoms with van der Waals surface area (Å²) in [5.74, 6) is 0.922. The number of aromatic nitrogens is 2. The van der Waals surface area contributed by atoms with Crippen LogP contribution in [-0.2, 0) is 16.5 Å². The number of hydrogen-bond donors (Lipinski definition) is 3. The van der Waals surface area contributed by atoms with Gasteiger partial charge in [0.15, 0.2) is 5.75 Å². The molecule has 0 aliphatic rings. The van der Waals surface area contributed by atoms with Crippen molar-refractivity contribution in [3.63, 3.8) is 0 Å². The standard InChI is InChI=1S/C22H26N4O5S/c1-4-30-18-10-14(9-16-12-25-22(24)26-21(16)23)11-19(31-32(28,29)13(2)3)20(18)15-5-7-17(27)8-6-15/h5-8,10-13,27H,4,9H2,1-3H3,(H4,23,24,25,26). The van der Waals surface area contributed by atoms with Gasteiger partial charge in [-0.3, -0.25) is 0 Å². The maximum Gasteiger partial charge on any atom is 0.311 e. The molecule has 0 fully saturated rings. The molecule has 0 atom stereocenters. The van der Waals surface area contributed by atoms with E-state index in [-0.39, 0.29) is 23.3 Å². The van der Waals surface area contributed by atoms with Crippen molar-refractivity contribution in [3.05, 3.63) is 53.7 Å². The average molecular weight is 459 g/mol. The van der Waals surface area contributed by atoms with E-state index in [0.29, 0.717) is 41.0 Å². The number of phenolic OH excluding ortho intramolecular Hbond substituents is 1. The fraction of sp³-hybridized carbons (Fsp3) is 0.273. The average Bonchev–Trinajstić information content (AvgIpc) is 2.71. The lowest BCUT2D eigenvalue weighted by Gasteiger charge is -2.19. The number of rotatable bonds is 8. The molecule has 0 aliphatic carbocycles. The highest BCUT2D eigenvalue weighted by atomic mass is 32.2. The van der Waals surface area contributed by atoms with Crippen LogP contribution in [0.1, 0.15) is 31.9 Å². The summed E-state index contributed by atoms with van der Waals surface area (Å²) in [6.45, 7) is 5.24. The summed E-state index contributed by atoms with van der Waals surface area (Å²) < 4.78 is 36.6. The number of nitrogen functional groups attached to an aromatic ring is 2. The maximum atomic E-state index is 12.6. The summed E-state index contributed by atoms with van der Waals surface area (Å²) in [5, 5.41) is 8.91. The smallest absolute Gasteiger partial charge is 0.311 e. The summed E-state index contributed by atoms with van der Waals surface area (Å²) in [7, 11) is -3.90. The minimum absolute atomic E-state index is 0.0657. The van der Waals surface area contributed by atoms with E-state index in [2.05, 4.69) is 9.97 Å². The normalized spacial score (nSPS) is 11.5. The van der Waals surface area contributed by atoms with Crippen LogP contribution in [0, 0.1) is 0 Å². The zero-order chi connectivity index (χ0) is 23.5. The number of nitrogens with zero attached hydrogens (tertiary/aromatic N) is 2. The van der Waals surface area contributed by atoms with Gasteiger partial charge in [0.05, 0.1) is 17.4 Å². The molecule has 170 valence electrons. The molecule has 0 saturated carbocycles. The van der Waals surface area contributed by atoms with Crippen molar-refractivity contribution in [2.75, 3.05) is 18.1 Å². The van der Waals surface area contributed by atoms with Crippen molar-refractivity contribution in [2.45, 2.75) is 32.4 Å². The molecule has 0 radical (unpaired) electrons. The van der Waals surface area contributed by atoms with Gasteiger partial charge in [-0.25, -0.2) is 4.98 Å². The maximum absolute atomic E-state index is 12.6. The Morgan fingerprint density at radius 1 is 1.09 bits per heavy atom. The molecule has 0 amide bonds. The predicted molar refractivity (Wildman–Crippen MR) is 123 cm³/mol. The van der Waals surface area contributed by atoms with E-state index >= 15 is 0 Å². The molecule has 5 N–H and O–H groups in total. The first-order valence-corrected chi connectivity index (χ1v) is 11.5. The third kappa shape index (κ3) is 5.20. The molecule has 0 aliphatic heterocycles. The minimum atomic E-state index is -3.90. The highest BCUT2D eigenvalue weighted by molar-refractivity contribution is 7.87. The van der Waals surface area contributed by atoms with Crippen molar-refractivity contribution in [3.8, 4) is 28.4 Å². The summed E-state index contributed by atoms with van der Waals surface area (Å²) in [6.07, 6.45) is 1.83. The van der Waals surface area contributed by atoms with Crippen LogP contribution in [0.3, 0.4) is 0 Å². The number of benzene rings is 2.